The minimum atomic E-state index is 0. The average Bonchev–Trinajstić information content (AvgIpc) is 3.14. The maximum absolute atomic E-state index is 4.43. The van der Waals surface area contributed by atoms with Gasteiger partial charge in [-0.15, -0.1) is 24.0 Å². The minimum Gasteiger partial charge on any atom is -0.368 e. The number of hydrogen-bond donors (Lipinski definition) is 2. The van der Waals surface area contributed by atoms with E-state index >= 15 is 0 Å². The largest absolute Gasteiger partial charge is 0.368 e. The van der Waals surface area contributed by atoms with Crippen molar-refractivity contribution in [2.45, 2.75) is 25.6 Å². The Balaban J connectivity index is 0.00000300. The van der Waals surface area contributed by atoms with Gasteiger partial charge in [0.1, 0.15) is 0 Å². The molecule has 1 unspecified atom stereocenters. The van der Waals surface area contributed by atoms with Gasteiger partial charge in [0.25, 0.3) is 0 Å². The van der Waals surface area contributed by atoms with E-state index in [2.05, 4.69) is 104 Å². The molecule has 0 spiro atoms. The summed E-state index contributed by atoms with van der Waals surface area (Å²) in [7, 11) is 6.03. The van der Waals surface area contributed by atoms with Gasteiger partial charge in [0, 0.05) is 43.7 Å². The quantitative estimate of drug-likeness (QED) is 0.312. The summed E-state index contributed by atoms with van der Waals surface area (Å²) in [6.45, 7) is 3.72. The Labute approximate surface area is 200 Å². The maximum Gasteiger partial charge on any atom is 0.191 e. The summed E-state index contributed by atoms with van der Waals surface area (Å²) in [5.74, 6) is 0.860. The van der Waals surface area contributed by atoms with Gasteiger partial charge in [-0.2, -0.15) is 0 Å². The fourth-order valence-electron chi connectivity index (χ4n) is 3.60. The predicted molar refractivity (Wildman–Crippen MR) is 137 cm³/mol. The van der Waals surface area contributed by atoms with E-state index < -0.39 is 0 Å². The highest BCUT2D eigenvalue weighted by molar-refractivity contribution is 14.0. The summed E-state index contributed by atoms with van der Waals surface area (Å²) >= 11 is 3.66. The van der Waals surface area contributed by atoms with E-state index in [1.165, 1.54) is 16.8 Å². The first kappa shape index (κ1) is 24.0. The number of aliphatic imine (C=N–C) groups is 1. The van der Waals surface area contributed by atoms with Crippen LogP contribution >= 0.6 is 39.9 Å². The van der Waals surface area contributed by atoms with Gasteiger partial charge in [-0.05, 0) is 59.7 Å². The number of hydrogen-bond acceptors (Lipinski definition) is 3. The predicted octanol–water partition coefficient (Wildman–Crippen LogP) is 4.07. The van der Waals surface area contributed by atoms with Crippen LogP contribution in [0.15, 0.2) is 58.0 Å². The SMILES string of the molecule is CN=C(NCc1ccccc1CN(C)C)NC1CCN(c2ccccc2Br)C1.I. The Morgan fingerprint density at radius 3 is 2.52 bits per heavy atom. The molecule has 1 saturated heterocycles. The van der Waals surface area contributed by atoms with Crippen molar-refractivity contribution in [3.63, 3.8) is 0 Å². The number of para-hydroxylation sites is 1. The molecule has 3 rings (SSSR count). The monoisotopic (exact) mass is 571 g/mol. The van der Waals surface area contributed by atoms with Gasteiger partial charge < -0.3 is 20.4 Å². The molecule has 0 aromatic heterocycles. The van der Waals surface area contributed by atoms with E-state index in [9.17, 15) is 0 Å². The van der Waals surface area contributed by atoms with Gasteiger partial charge in [-0.1, -0.05) is 36.4 Å². The van der Waals surface area contributed by atoms with E-state index in [0.717, 1.165) is 43.0 Å². The summed E-state index contributed by atoms with van der Waals surface area (Å²) in [5, 5.41) is 7.07. The van der Waals surface area contributed by atoms with Crippen molar-refractivity contribution in [1.29, 1.82) is 0 Å². The molecule has 1 aliphatic rings. The van der Waals surface area contributed by atoms with Crippen molar-refractivity contribution in [3.05, 3.63) is 64.1 Å². The molecule has 7 heteroatoms. The molecule has 1 atom stereocenters. The molecule has 1 fully saturated rings. The molecule has 5 nitrogen and oxygen atoms in total. The lowest BCUT2D eigenvalue weighted by Gasteiger charge is -2.22. The van der Waals surface area contributed by atoms with Crippen molar-refractivity contribution in [2.24, 2.45) is 4.99 Å². The zero-order valence-corrected chi connectivity index (χ0v) is 21.3. The molecule has 29 heavy (non-hydrogen) atoms. The fraction of sp³-hybridized carbons (Fsp3) is 0.409. The second kappa shape index (κ2) is 11.8. The summed E-state index contributed by atoms with van der Waals surface area (Å²) in [6.07, 6.45) is 1.10. The molecule has 0 amide bonds. The van der Waals surface area contributed by atoms with Crippen LogP contribution in [-0.4, -0.2) is 51.1 Å². The Bertz CT molecular complexity index is 811. The zero-order chi connectivity index (χ0) is 19.9. The summed E-state index contributed by atoms with van der Waals surface area (Å²) < 4.78 is 1.15. The Kier molecular flexibility index (Phi) is 9.71. The molecule has 0 aliphatic carbocycles. The molecular weight excluding hydrogens is 541 g/mol. The van der Waals surface area contributed by atoms with Crippen LogP contribution in [0, 0.1) is 0 Å². The normalized spacial score (nSPS) is 16.7. The highest BCUT2D eigenvalue weighted by atomic mass is 127. The summed E-state index contributed by atoms with van der Waals surface area (Å²) in [6, 6.07) is 17.4. The van der Waals surface area contributed by atoms with Gasteiger partial charge in [-0.3, -0.25) is 4.99 Å². The molecular formula is C22H31BrIN5. The first-order chi connectivity index (χ1) is 13.6. The van der Waals surface area contributed by atoms with Gasteiger partial charge in [0.05, 0.1) is 5.69 Å². The van der Waals surface area contributed by atoms with Crippen molar-refractivity contribution >= 4 is 51.6 Å². The molecule has 158 valence electrons. The lowest BCUT2D eigenvalue weighted by molar-refractivity contribution is 0.400. The number of guanidine groups is 1. The van der Waals surface area contributed by atoms with E-state index in [1.54, 1.807) is 0 Å². The molecule has 0 bridgehead atoms. The van der Waals surface area contributed by atoms with Crippen molar-refractivity contribution in [3.8, 4) is 0 Å². The molecule has 0 saturated carbocycles. The van der Waals surface area contributed by atoms with E-state index in [-0.39, 0.29) is 24.0 Å². The third-order valence-electron chi connectivity index (χ3n) is 5.00. The van der Waals surface area contributed by atoms with Crippen molar-refractivity contribution in [1.82, 2.24) is 15.5 Å². The molecule has 2 aromatic rings. The average molecular weight is 572 g/mol. The van der Waals surface area contributed by atoms with E-state index in [0.29, 0.717) is 6.04 Å². The first-order valence-electron chi connectivity index (χ1n) is 9.75. The molecule has 2 aromatic carbocycles. The number of nitrogens with one attached hydrogen (secondary N) is 2. The second-order valence-electron chi connectivity index (χ2n) is 7.46. The number of benzene rings is 2. The van der Waals surface area contributed by atoms with Gasteiger partial charge in [0.2, 0.25) is 0 Å². The third kappa shape index (κ3) is 6.86. The lowest BCUT2D eigenvalue weighted by Crippen LogP contribution is -2.44. The number of anilines is 1. The minimum absolute atomic E-state index is 0. The molecule has 1 heterocycles. The highest BCUT2D eigenvalue weighted by Crippen LogP contribution is 2.28. The van der Waals surface area contributed by atoms with Gasteiger partial charge in [-0.25, -0.2) is 0 Å². The Morgan fingerprint density at radius 2 is 1.83 bits per heavy atom. The van der Waals surface area contributed by atoms with Gasteiger partial charge >= 0.3 is 0 Å². The second-order valence-corrected chi connectivity index (χ2v) is 8.31. The van der Waals surface area contributed by atoms with E-state index in [1.807, 2.05) is 7.05 Å². The molecule has 2 N–H and O–H groups in total. The van der Waals surface area contributed by atoms with Crippen LogP contribution in [0.2, 0.25) is 0 Å². The van der Waals surface area contributed by atoms with Crippen LogP contribution in [0.5, 0.6) is 0 Å². The topological polar surface area (TPSA) is 42.9 Å². The highest BCUT2D eigenvalue weighted by Gasteiger charge is 2.24. The van der Waals surface area contributed by atoms with Crippen LogP contribution in [0.25, 0.3) is 0 Å². The van der Waals surface area contributed by atoms with Crippen LogP contribution in [0.4, 0.5) is 5.69 Å². The van der Waals surface area contributed by atoms with Crippen molar-refractivity contribution in [2.75, 3.05) is 39.1 Å². The van der Waals surface area contributed by atoms with Crippen molar-refractivity contribution < 1.29 is 0 Å². The number of rotatable bonds is 6. The third-order valence-corrected chi connectivity index (χ3v) is 5.67. The van der Waals surface area contributed by atoms with Crippen LogP contribution in [0.3, 0.4) is 0 Å². The fourth-order valence-corrected chi connectivity index (χ4v) is 4.13. The van der Waals surface area contributed by atoms with Gasteiger partial charge in [0.15, 0.2) is 5.96 Å². The summed E-state index contributed by atoms with van der Waals surface area (Å²) in [5.41, 5.74) is 3.91. The molecule has 1 aliphatic heterocycles. The molecule has 0 radical (unpaired) electrons. The number of halogens is 2. The standard InChI is InChI=1S/C22H30BrN5.HI/c1-24-22(25-14-17-8-4-5-9-18(17)15-27(2)3)26-19-12-13-28(16-19)21-11-7-6-10-20(21)23;/h4-11,19H,12-16H2,1-3H3,(H2,24,25,26);1H. The first-order valence-corrected chi connectivity index (χ1v) is 10.5. The number of nitrogens with zero attached hydrogens (tertiary/aromatic N) is 3. The maximum atomic E-state index is 4.43. The lowest BCUT2D eigenvalue weighted by atomic mass is 10.1. The van der Waals surface area contributed by atoms with Crippen LogP contribution in [-0.2, 0) is 13.1 Å². The van der Waals surface area contributed by atoms with Crippen LogP contribution in [0.1, 0.15) is 17.5 Å². The summed E-state index contributed by atoms with van der Waals surface area (Å²) in [4.78, 5) is 9.04. The van der Waals surface area contributed by atoms with Crippen LogP contribution < -0.4 is 15.5 Å². The Hall–Kier alpha value is -1.32. The zero-order valence-electron chi connectivity index (χ0n) is 17.4. The smallest absolute Gasteiger partial charge is 0.191 e. The van der Waals surface area contributed by atoms with E-state index in [4.69, 9.17) is 0 Å². The Morgan fingerprint density at radius 1 is 1.14 bits per heavy atom.